The SMILES string of the molecule is CC(C)(C)OC(=O)N1C[CH][C@H]2NCC[C@H]21. The zero-order chi connectivity index (χ0) is 11.1. The van der Waals surface area contributed by atoms with E-state index in [-0.39, 0.29) is 6.09 Å². The Morgan fingerprint density at radius 1 is 1.53 bits per heavy atom. The van der Waals surface area contributed by atoms with Crippen LogP contribution in [0.1, 0.15) is 27.2 Å². The fourth-order valence-electron chi connectivity index (χ4n) is 2.20. The van der Waals surface area contributed by atoms with Gasteiger partial charge in [-0.25, -0.2) is 4.79 Å². The molecule has 0 spiro atoms. The fraction of sp³-hybridized carbons (Fsp3) is 0.818. The lowest BCUT2D eigenvalue weighted by Gasteiger charge is -2.27. The molecule has 2 aliphatic heterocycles. The Morgan fingerprint density at radius 3 is 2.93 bits per heavy atom. The third-order valence-electron chi connectivity index (χ3n) is 2.82. The van der Waals surface area contributed by atoms with Gasteiger partial charge in [0.15, 0.2) is 0 Å². The number of rotatable bonds is 0. The first-order chi connectivity index (χ1) is 6.97. The van der Waals surface area contributed by atoms with Crippen molar-refractivity contribution < 1.29 is 9.53 Å². The van der Waals surface area contributed by atoms with Gasteiger partial charge >= 0.3 is 6.09 Å². The first-order valence-corrected chi connectivity index (χ1v) is 5.54. The second kappa shape index (κ2) is 3.67. The lowest BCUT2D eigenvalue weighted by Crippen LogP contribution is -2.41. The Labute approximate surface area is 91.0 Å². The first-order valence-electron chi connectivity index (χ1n) is 5.54. The highest BCUT2D eigenvalue weighted by Crippen LogP contribution is 2.25. The van der Waals surface area contributed by atoms with Crippen molar-refractivity contribution >= 4 is 6.09 Å². The monoisotopic (exact) mass is 211 g/mol. The topological polar surface area (TPSA) is 41.6 Å². The molecule has 15 heavy (non-hydrogen) atoms. The summed E-state index contributed by atoms with van der Waals surface area (Å²) in [5.74, 6) is 0. The van der Waals surface area contributed by atoms with E-state index in [1.165, 1.54) is 0 Å². The molecule has 0 saturated carbocycles. The summed E-state index contributed by atoms with van der Waals surface area (Å²) in [7, 11) is 0. The minimum Gasteiger partial charge on any atom is -0.444 e. The summed E-state index contributed by atoms with van der Waals surface area (Å²) in [5, 5.41) is 3.36. The minimum absolute atomic E-state index is 0.185. The number of nitrogens with one attached hydrogen (secondary N) is 1. The number of hydrogen-bond donors (Lipinski definition) is 1. The van der Waals surface area contributed by atoms with E-state index in [0.29, 0.717) is 18.6 Å². The Kier molecular flexibility index (Phi) is 2.63. The third-order valence-corrected chi connectivity index (χ3v) is 2.82. The van der Waals surface area contributed by atoms with Crippen molar-refractivity contribution in [1.82, 2.24) is 10.2 Å². The van der Waals surface area contributed by atoms with Crippen LogP contribution in [-0.2, 0) is 4.74 Å². The van der Waals surface area contributed by atoms with E-state index in [0.717, 1.165) is 13.0 Å². The number of hydrogen-bond acceptors (Lipinski definition) is 3. The van der Waals surface area contributed by atoms with Crippen LogP contribution in [0.4, 0.5) is 4.79 Å². The predicted octanol–water partition coefficient (Wildman–Crippen LogP) is 1.17. The van der Waals surface area contributed by atoms with Gasteiger partial charge in [0.1, 0.15) is 5.60 Å². The van der Waals surface area contributed by atoms with Crippen LogP contribution >= 0.6 is 0 Å². The molecular formula is C11H19N2O2. The molecule has 85 valence electrons. The molecule has 2 fully saturated rings. The Bertz CT molecular complexity index is 260. The highest BCUT2D eigenvalue weighted by Gasteiger charge is 2.41. The van der Waals surface area contributed by atoms with Crippen LogP contribution in [0.3, 0.4) is 0 Å². The summed E-state index contributed by atoms with van der Waals surface area (Å²) >= 11 is 0. The van der Waals surface area contributed by atoms with E-state index in [1.54, 1.807) is 0 Å². The number of likely N-dealkylation sites (tertiary alicyclic amines) is 1. The summed E-state index contributed by atoms with van der Waals surface area (Å²) in [4.78, 5) is 13.7. The normalized spacial score (nSPS) is 30.5. The molecule has 2 atom stereocenters. The van der Waals surface area contributed by atoms with Crippen molar-refractivity contribution in [2.24, 2.45) is 0 Å². The second-order valence-electron chi connectivity index (χ2n) is 5.20. The number of carbonyl (C=O) groups excluding carboxylic acids is 1. The maximum Gasteiger partial charge on any atom is 0.410 e. The molecule has 2 heterocycles. The molecule has 1 radical (unpaired) electrons. The molecule has 0 aromatic rings. The van der Waals surface area contributed by atoms with Gasteiger partial charge in [0.05, 0.1) is 6.04 Å². The Hall–Kier alpha value is -0.770. The third kappa shape index (κ3) is 2.25. The van der Waals surface area contributed by atoms with Gasteiger partial charge in [-0.1, -0.05) is 0 Å². The van der Waals surface area contributed by atoms with Gasteiger partial charge in [0, 0.05) is 19.0 Å². The average Bonchev–Trinajstić information content (AvgIpc) is 2.57. The molecule has 0 unspecified atom stereocenters. The molecule has 0 aliphatic carbocycles. The van der Waals surface area contributed by atoms with E-state index in [4.69, 9.17) is 4.74 Å². The molecule has 2 aliphatic rings. The van der Waals surface area contributed by atoms with Crippen LogP contribution in [0.2, 0.25) is 0 Å². The molecule has 0 bridgehead atoms. The summed E-state index contributed by atoms with van der Waals surface area (Å²) in [6.07, 6.45) is 3.00. The van der Waals surface area contributed by atoms with Crippen molar-refractivity contribution in [1.29, 1.82) is 0 Å². The van der Waals surface area contributed by atoms with E-state index in [9.17, 15) is 4.79 Å². The van der Waals surface area contributed by atoms with E-state index < -0.39 is 5.60 Å². The maximum absolute atomic E-state index is 11.9. The number of fused-ring (bicyclic) bond motifs is 1. The van der Waals surface area contributed by atoms with E-state index in [1.807, 2.05) is 25.7 Å². The molecular weight excluding hydrogens is 192 g/mol. The van der Waals surface area contributed by atoms with Gasteiger partial charge in [-0.3, -0.25) is 0 Å². The maximum atomic E-state index is 11.9. The van der Waals surface area contributed by atoms with E-state index >= 15 is 0 Å². The van der Waals surface area contributed by atoms with Gasteiger partial charge in [-0.2, -0.15) is 0 Å². The standard InChI is InChI=1S/C11H19N2O2/c1-11(2,3)15-10(14)13-7-5-8-9(13)4-6-12-8/h5,8-9,12H,4,6-7H2,1-3H3/t8-,9-/m1/s1. The highest BCUT2D eigenvalue weighted by atomic mass is 16.6. The Morgan fingerprint density at radius 2 is 2.27 bits per heavy atom. The van der Waals surface area contributed by atoms with Crippen LogP contribution in [0.15, 0.2) is 0 Å². The lowest BCUT2D eigenvalue weighted by atomic mass is 10.1. The van der Waals surface area contributed by atoms with Gasteiger partial charge in [0.2, 0.25) is 0 Å². The largest absolute Gasteiger partial charge is 0.444 e. The highest BCUT2D eigenvalue weighted by molar-refractivity contribution is 5.69. The number of nitrogens with zero attached hydrogens (tertiary/aromatic N) is 1. The van der Waals surface area contributed by atoms with Gasteiger partial charge < -0.3 is 15.0 Å². The molecule has 4 nitrogen and oxygen atoms in total. The molecule has 2 saturated heterocycles. The molecule has 1 amide bonds. The number of ether oxygens (including phenoxy) is 1. The molecule has 4 heteroatoms. The minimum atomic E-state index is -0.402. The number of amides is 1. The lowest BCUT2D eigenvalue weighted by molar-refractivity contribution is 0.0230. The summed E-state index contributed by atoms with van der Waals surface area (Å²) in [6.45, 7) is 7.39. The first kappa shape index (κ1) is 10.7. The quantitative estimate of drug-likeness (QED) is 0.654. The van der Waals surface area contributed by atoms with Crippen LogP contribution in [0, 0.1) is 6.42 Å². The van der Waals surface area contributed by atoms with Crippen molar-refractivity contribution in [2.75, 3.05) is 13.1 Å². The van der Waals surface area contributed by atoms with Crippen LogP contribution in [-0.4, -0.2) is 41.8 Å². The molecule has 1 N–H and O–H groups in total. The van der Waals surface area contributed by atoms with Crippen molar-refractivity contribution in [3.05, 3.63) is 6.42 Å². The summed E-state index contributed by atoms with van der Waals surface area (Å²) in [5.41, 5.74) is -0.402. The molecule has 2 rings (SSSR count). The molecule has 0 aromatic heterocycles. The average molecular weight is 211 g/mol. The predicted molar refractivity (Wildman–Crippen MR) is 57.4 cm³/mol. The second-order valence-corrected chi connectivity index (χ2v) is 5.20. The van der Waals surface area contributed by atoms with Crippen molar-refractivity contribution in [3.63, 3.8) is 0 Å². The summed E-state index contributed by atoms with van der Waals surface area (Å²) in [6, 6.07) is 0.678. The van der Waals surface area contributed by atoms with Gasteiger partial charge in [-0.15, -0.1) is 0 Å². The summed E-state index contributed by atoms with van der Waals surface area (Å²) < 4.78 is 5.37. The number of carbonyl (C=O) groups is 1. The fourth-order valence-corrected chi connectivity index (χ4v) is 2.20. The van der Waals surface area contributed by atoms with Crippen LogP contribution in [0.5, 0.6) is 0 Å². The van der Waals surface area contributed by atoms with Crippen LogP contribution in [0.25, 0.3) is 0 Å². The van der Waals surface area contributed by atoms with Gasteiger partial charge in [0.25, 0.3) is 0 Å². The van der Waals surface area contributed by atoms with E-state index in [2.05, 4.69) is 11.7 Å². The van der Waals surface area contributed by atoms with Crippen molar-refractivity contribution in [3.8, 4) is 0 Å². The smallest absolute Gasteiger partial charge is 0.410 e. The zero-order valence-corrected chi connectivity index (χ0v) is 9.62. The zero-order valence-electron chi connectivity index (χ0n) is 9.62. The Balaban J connectivity index is 1.96. The van der Waals surface area contributed by atoms with Crippen molar-refractivity contribution in [2.45, 2.75) is 44.9 Å². The van der Waals surface area contributed by atoms with Crippen LogP contribution < -0.4 is 5.32 Å². The van der Waals surface area contributed by atoms with Gasteiger partial charge in [-0.05, 0) is 33.7 Å². The molecule has 0 aromatic carbocycles.